The molecule has 0 aliphatic carbocycles. The lowest BCUT2D eigenvalue weighted by Gasteiger charge is -2.29. The second kappa shape index (κ2) is 4.70. The molecule has 3 aromatic rings. The van der Waals surface area contributed by atoms with E-state index in [1.165, 1.54) is 4.90 Å². The lowest BCUT2D eigenvalue weighted by Crippen LogP contribution is -2.42. The fourth-order valence-corrected chi connectivity index (χ4v) is 2.64. The maximum absolute atomic E-state index is 12.8. The van der Waals surface area contributed by atoms with E-state index >= 15 is 0 Å². The van der Waals surface area contributed by atoms with Gasteiger partial charge in [-0.25, -0.2) is 4.98 Å². The zero-order valence-corrected chi connectivity index (χ0v) is 11.5. The van der Waals surface area contributed by atoms with Crippen LogP contribution < -0.4 is 10.2 Å². The van der Waals surface area contributed by atoms with Crippen molar-refractivity contribution in [3.8, 4) is 0 Å². The summed E-state index contributed by atoms with van der Waals surface area (Å²) in [5, 5.41) is 2.77. The molecule has 1 aliphatic rings. The van der Waals surface area contributed by atoms with Crippen LogP contribution >= 0.6 is 0 Å². The van der Waals surface area contributed by atoms with Crippen molar-refractivity contribution in [2.75, 3.05) is 16.8 Å². The number of nitrogens with zero attached hydrogens (tertiary/aromatic N) is 2. The molecule has 2 aromatic carbocycles. The number of hydrogen-bond donors (Lipinski definition) is 2. The Labute approximate surface area is 125 Å². The topological polar surface area (TPSA) is 78.1 Å². The van der Waals surface area contributed by atoms with Crippen LogP contribution in [0, 0.1) is 0 Å². The molecule has 4 rings (SSSR count). The maximum Gasteiger partial charge on any atom is 0.258 e. The van der Waals surface area contributed by atoms with E-state index < -0.39 is 0 Å². The van der Waals surface area contributed by atoms with Gasteiger partial charge in [0.25, 0.3) is 5.91 Å². The van der Waals surface area contributed by atoms with E-state index in [2.05, 4.69) is 15.3 Å². The van der Waals surface area contributed by atoms with E-state index in [4.69, 9.17) is 0 Å². The van der Waals surface area contributed by atoms with Gasteiger partial charge in [-0.1, -0.05) is 12.1 Å². The molecule has 0 radical (unpaired) electrons. The molecule has 1 aromatic heterocycles. The van der Waals surface area contributed by atoms with Crippen molar-refractivity contribution in [3.05, 3.63) is 54.4 Å². The highest BCUT2D eigenvalue weighted by Crippen LogP contribution is 2.30. The molecule has 1 aliphatic heterocycles. The zero-order valence-electron chi connectivity index (χ0n) is 11.5. The van der Waals surface area contributed by atoms with E-state index in [-0.39, 0.29) is 18.4 Å². The fraction of sp³-hybridized carbons (Fsp3) is 0.0625. The van der Waals surface area contributed by atoms with E-state index in [0.29, 0.717) is 16.9 Å². The lowest BCUT2D eigenvalue weighted by atomic mass is 10.1. The minimum atomic E-state index is -0.209. The summed E-state index contributed by atoms with van der Waals surface area (Å²) < 4.78 is 0. The third kappa shape index (κ3) is 1.93. The van der Waals surface area contributed by atoms with Crippen LogP contribution in [0.1, 0.15) is 10.4 Å². The maximum atomic E-state index is 12.8. The van der Waals surface area contributed by atoms with E-state index in [1.54, 1.807) is 30.6 Å². The average molecular weight is 292 g/mol. The van der Waals surface area contributed by atoms with Crippen LogP contribution in [0.3, 0.4) is 0 Å². The van der Waals surface area contributed by atoms with Gasteiger partial charge in [-0.05, 0) is 30.3 Å². The molecule has 22 heavy (non-hydrogen) atoms. The minimum Gasteiger partial charge on any atom is -0.345 e. The zero-order chi connectivity index (χ0) is 15.1. The molecular formula is C16H12N4O2. The van der Waals surface area contributed by atoms with E-state index in [1.807, 2.05) is 18.2 Å². The smallest absolute Gasteiger partial charge is 0.258 e. The number of carbonyl (C=O) groups excluding carboxylic acids is 2. The Morgan fingerprint density at radius 2 is 2.05 bits per heavy atom. The number of anilines is 2. The standard InChI is InChI=1S/C16H12N4O2/c21-15-8-20(14-4-2-1-3-12(14)19-15)16(22)10-5-6-11-13(7-10)18-9-17-11/h1-7,9H,8H2,(H,17,18)(H,19,21). The van der Waals surface area contributed by atoms with Gasteiger partial charge in [-0.2, -0.15) is 0 Å². The molecule has 0 fully saturated rings. The summed E-state index contributed by atoms with van der Waals surface area (Å²) in [6.07, 6.45) is 1.59. The predicted octanol–water partition coefficient (Wildman–Crippen LogP) is 2.16. The first-order valence-corrected chi connectivity index (χ1v) is 6.86. The molecule has 0 bridgehead atoms. The van der Waals surface area contributed by atoms with Crippen molar-refractivity contribution in [2.45, 2.75) is 0 Å². The molecule has 0 spiro atoms. The number of aromatic nitrogens is 2. The van der Waals surface area contributed by atoms with Crippen LogP contribution in [-0.2, 0) is 4.79 Å². The molecule has 2 heterocycles. The Bertz CT molecular complexity index is 900. The molecule has 2 amide bonds. The van der Waals surface area contributed by atoms with Crippen molar-refractivity contribution in [1.82, 2.24) is 9.97 Å². The number of para-hydroxylation sites is 2. The number of aromatic amines is 1. The van der Waals surface area contributed by atoms with Crippen molar-refractivity contribution < 1.29 is 9.59 Å². The predicted molar refractivity (Wildman–Crippen MR) is 82.8 cm³/mol. The first-order chi connectivity index (χ1) is 10.7. The fourth-order valence-electron chi connectivity index (χ4n) is 2.64. The summed E-state index contributed by atoms with van der Waals surface area (Å²) in [4.78, 5) is 33.2. The minimum absolute atomic E-state index is 0.0108. The Kier molecular flexibility index (Phi) is 2.69. The van der Waals surface area contributed by atoms with Crippen molar-refractivity contribution in [2.24, 2.45) is 0 Å². The van der Waals surface area contributed by atoms with Gasteiger partial charge in [-0.15, -0.1) is 0 Å². The Morgan fingerprint density at radius 3 is 2.95 bits per heavy atom. The number of carbonyl (C=O) groups is 2. The first kappa shape index (κ1) is 12.6. The number of rotatable bonds is 1. The molecule has 6 nitrogen and oxygen atoms in total. The molecule has 108 valence electrons. The van der Waals surface area contributed by atoms with Gasteiger partial charge < -0.3 is 10.3 Å². The molecule has 0 unspecified atom stereocenters. The second-order valence-electron chi connectivity index (χ2n) is 5.09. The van der Waals surface area contributed by atoms with Gasteiger partial charge in [0.15, 0.2) is 0 Å². The van der Waals surface area contributed by atoms with Crippen LogP contribution in [0.2, 0.25) is 0 Å². The van der Waals surface area contributed by atoms with Crippen LogP contribution in [-0.4, -0.2) is 28.3 Å². The molecular weight excluding hydrogens is 280 g/mol. The Morgan fingerprint density at radius 1 is 1.18 bits per heavy atom. The summed E-state index contributed by atoms with van der Waals surface area (Å²) in [7, 11) is 0. The largest absolute Gasteiger partial charge is 0.345 e. The monoisotopic (exact) mass is 292 g/mol. The number of amides is 2. The van der Waals surface area contributed by atoms with Gasteiger partial charge >= 0.3 is 0 Å². The van der Waals surface area contributed by atoms with Crippen molar-refractivity contribution in [1.29, 1.82) is 0 Å². The van der Waals surface area contributed by atoms with Crippen LogP contribution in [0.5, 0.6) is 0 Å². The van der Waals surface area contributed by atoms with E-state index in [0.717, 1.165) is 11.0 Å². The highest BCUT2D eigenvalue weighted by Gasteiger charge is 2.27. The Hall–Kier alpha value is -3.15. The molecule has 2 N–H and O–H groups in total. The highest BCUT2D eigenvalue weighted by molar-refractivity contribution is 6.15. The summed E-state index contributed by atoms with van der Waals surface area (Å²) in [6.45, 7) is 0.0108. The quantitative estimate of drug-likeness (QED) is 0.721. The normalized spacial score (nSPS) is 13.8. The summed E-state index contributed by atoms with van der Waals surface area (Å²) >= 11 is 0. The van der Waals surface area contributed by atoms with Crippen molar-refractivity contribution >= 4 is 34.2 Å². The third-order valence-corrected chi connectivity index (χ3v) is 3.68. The van der Waals surface area contributed by atoms with Gasteiger partial charge in [0.05, 0.1) is 28.7 Å². The van der Waals surface area contributed by atoms with E-state index in [9.17, 15) is 9.59 Å². The average Bonchev–Trinajstić information content (AvgIpc) is 3.00. The highest BCUT2D eigenvalue weighted by atomic mass is 16.2. The SMILES string of the molecule is O=C1CN(C(=O)c2ccc3nc[nH]c3c2)c2ccccc2N1. The number of hydrogen-bond acceptors (Lipinski definition) is 3. The van der Waals surface area contributed by atoms with Gasteiger partial charge in [-0.3, -0.25) is 14.5 Å². The number of fused-ring (bicyclic) bond motifs is 2. The summed E-state index contributed by atoms with van der Waals surface area (Å²) in [5.41, 5.74) is 3.46. The number of nitrogens with one attached hydrogen (secondary N) is 2. The van der Waals surface area contributed by atoms with Crippen LogP contribution in [0.25, 0.3) is 11.0 Å². The molecule has 0 saturated carbocycles. The molecule has 6 heteroatoms. The summed E-state index contributed by atoms with van der Waals surface area (Å²) in [6, 6.07) is 12.5. The second-order valence-corrected chi connectivity index (χ2v) is 5.09. The van der Waals surface area contributed by atoms with Crippen LogP contribution in [0.4, 0.5) is 11.4 Å². The number of H-pyrrole nitrogens is 1. The molecule has 0 atom stereocenters. The number of benzene rings is 2. The molecule has 0 saturated heterocycles. The summed E-state index contributed by atoms with van der Waals surface area (Å²) in [5.74, 6) is -0.409. The Balaban J connectivity index is 1.77. The van der Waals surface area contributed by atoms with Crippen molar-refractivity contribution in [3.63, 3.8) is 0 Å². The third-order valence-electron chi connectivity index (χ3n) is 3.68. The van der Waals surface area contributed by atoms with Gasteiger partial charge in [0.2, 0.25) is 5.91 Å². The van der Waals surface area contributed by atoms with Gasteiger partial charge in [0.1, 0.15) is 6.54 Å². The number of imidazole rings is 1. The lowest BCUT2D eigenvalue weighted by molar-refractivity contribution is -0.115. The van der Waals surface area contributed by atoms with Crippen LogP contribution in [0.15, 0.2) is 48.8 Å². The first-order valence-electron chi connectivity index (χ1n) is 6.86. The van der Waals surface area contributed by atoms with Gasteiger partial charge in [0, 0.05) is 5.56 Å².